The Kier molecular flexibility index (Phi) is 4.66. The van der Waals surface area contributed by atoms with Crippen LogP contribution in [0.4, 0.5) is 0 Å². The molecule has 1 aromatic rings. The molecule has 0 aliphatic carbocycles. The highest BCUT2D eigenvalue weighted by atomic mass is 16.3. The lowest BCUT2D eigenvalue weighted by atomic mass is 9.97. The van der Waals surface area contributed by atoms with Gasteiger partial charge < -0.3 is 10.0 Å². The quantitative estimate of drug-likeness (QED) is 0.834. The number of aryl methyl sites for hydroxylation is 2. The van der Waals surface area contributed by atoms with E-state index in [1.165, 1.54) is 4.90 Å². The fourth-order valence-corrected chi connectivity index (χ4v) is 2.80. The highest BCUT2D eigenvalue weighted by Crippen LogP contribution is 2.32. The Morgan fingerprint density at radius 3 is 2.41 bits per heavy atom. The summed E-state index contributed by atoms with van der Waals surface area (Å²) < 4.78 is 0. The van der Waals surface area contributed by atoms with Crippen molar-refractivity contribution in [2.24, 2.45) is 0 Å². The van der Waals surface area contributed by atoms with Crippen LogP contribution in [0.1, 0.15) is 23.6 Å². The van der Waals surface area contributed by atoms with Gasteiger partial charge in [0.15, 0.2) is 0 Å². The maximum atomic E-state index is 12.7. The van der Waals surface area contributed by atoms with E-state index in [0.717, 1.165) is 16.7 Å². The van der Waals surface area contributed by atoms with Gasteiger partial charge in [-0.05, 0) is 31.9 Å². The second-order valence-corrected chi connectivity index (χ2v) is 5.54. The number of imide groups is 1. The van der Waals surface area contributed by atoms with Crippen molar-refractivity contribution in [3.8, 4) is 0 Å². The second kappa shape index (κ2) is 6.32. The van der Waals surface area contributed by atoms with Gasteiger partial charge >= 0.3 is 0 Å². The molecule has 1 aromatic carbocycles. The summed E-state index contributed by atoms with van der Waals surface area (Å²) in [5.41, 5.74) is 3.65. The molecule has 118 valence electrons. The van der Waals surface area contributed by atoms with Gasteiger partial charge in [0.2, 0.25) is 0 Å². The summed E-state index contributed by atoms with van der Waals surface area (Å²) >= 11 is 0. The Morgan fingerprint density at radius 2 is 1.86 bits per heavy atom. The van der Waals surface area contributed by atoms with Crippen molar-refractivity contribution >= 4 is 17.4 Å². The van der Waals surface area contributed by atoms with Gasteiger partial charge in [-0.1, -0.05) is 23.8 Å². The van der Waals surface area contributed by atoms with Crippen LogP contribution in [0.2, 0.25) is 0 Å². The molecule has 2 rings (SSSR count). The van der Waals surface area contributed by atoms with Crippen LogP contribution in [0.3, 0.4) is 0 Å². The third kappa shape index (κ3) is 2.64. The third-order valence-electron chi connectivity index (χ3n) is 3.93. The number of carbonyl (C=O) groups is 2. The highest BCUT2D eigenvalue weighted by Gasteiger charge is 2.40. The van der Waals surface area contributed by atoms with E-state index >= 15 is 0 Å². The van der Waals surface area contributed by atoms with Crippen molar-refractivity contribution in [2.45, 2.75) is 20.8 Å². The van der Waals surface area contributed by atoms with Crippen LogP contribution in [0.5, 0.6) is 0 Å². The minimum Gasteiger partial charge on any atom is -0.395 e. The van der Waals surface area contributed by atoms with Crippen molar-refractivity contribution < 1.29 is 14.7 Å². The van der Waals surface area contributed by atoms with E-state index in [9.17, 15) is 9.59 Å². The smallest absolute Gasteiger partial charge is 0.277 e. The predicted molar refractivity (Wildman–Crippen MR) is 84.9 cm³/mol. The van der Waals surface area contributed by atoms with Crippen LogP contribution in [-0.4, -0.2) is 53.5 Å². The van der Waals surface area contributed by atoms with E-state index in [0.29, 0.717) is 24.4 Å². The minimum atomic E-state index is -0.293. The molecule has 0 saturated carbocycles. The first-order chi connectivity index (χ1) is 10.4. The Bertz CT molecular complexity index is 649. The van der Waals surface area contributed by atoms with E-state index < -0.39 is 0 Å². The Morgan fingerprint density at radius 1 is 1.18 bits per heavy atom. The number of benzene rings is 1. The molecular weight excluding hydrogens is 280 g/mol. The summed E-state index contributed by atoms with van der Waals surface area (Å²) in [6.07, 6.45) is 0. The molecule has 1 N–H and O–H groups in total. The van der Waals surface area contributed by atoms with Crippen molar-refractivity contribution in [3.63, 3.8) is 0 Å². The molecule has 1 aliphatic rings. The summed E-state index contributed by atoms with van der Waals surface area (Å²) in [6, 6.07) is 5.82. The summed E-state index contributed by atoms with van der Waals surface area (Å²) in [6.45, 7) is 6.27. The van der Waals surface area contributed by atoms with Crippen molar-refractivity contribution in [1.82, 2.24) is 9.80 Å². The van der Waals surface area contributed by atoms with E-state index in [-0.39, 0.29) is 18.4 Å². The average Bonchev–Trinajstić information content (AvgIpc) is 2.70. The number of hydrogen-bond acceptors (Lipinski definition) is 4. The number of likely N-dealkylation sites (N-methyl/N-ethyl adjacent to an activating group) is 2. The second-order valence-electron chi connectivity index (χ2n) is 5.54. The third-order valence-corrected chi connectivity index (χ3v) is 3.93. The first-order valence-electron chi connectivity index (χ1n) is 7.42. The molecule has 0 bridgehead atoms. The number of nitrogens with zero attached hydrogens (tertiary/aromatic N) is 2. The molecule has 0 radical (unpaired) electrons. The summed E-state index contributed by atoms with van der Waals surface area (Å²) in [4.78, 5) is 28.1. The Labute approximate surface area is 130 Å². The van der Waals surface area contributed by atoms with Crippen LogP contribution < -0.4 is 0 Å². The molecule has 0 aromatic heterocycles. The molecule has 5 nitrogen and oxygen atoms in total. The number of amides is 2. The van der Waals surface area contributed by atoms with Gasteiger partial charge in [-0.25, -0.2) is 0 Å². The largest absolute Gasteiger partial charge is 0.395 e. The van der Waals surface area contributed by atoms with Crippen molar-refractivity contribution in [1.29, 1.82) is 0 Å². The van der Waals surface area contributed by atoms with Gasteiger partial charge in [0, 0.05) is 20.1 Å². The summed E-state index contributed by atoms with van der Waals surface area (Å²) in [5.74, 6) is -0.558. The van der Waals surface area contributed by atoms with Gasteiger partial charge in [0.25, 0.3) is 11.8 Å². The normalized spacial score (nSPS) is 15.0. The first kappa shape index (κ1) is 16.2. The molecule has 1 heterocycles. The number of aliphatic hydroxyl groups excluding tert-OH is 1. The molecule has 0 saturated heterocycles. The summed E-state index contributed by atoms with van der Waals surface area (Å²) in [5, 5.41) is 9.15. The average molecular weight is 302 g/mol. The molecule has 0 spiro atoms. The van der Waals surface area contributed by atoms with Gasteiger partial charge in [0.05, 0.1) is 12.2 Å². The number of hydrogen-bond donors (Lipinski definition) is 1. The van der Waals surface area contributed by atoms with Gasteiger partial charge in [0.1, 0.15) is 5.70 Å². The number of rotatable bonds is 5. The maximum Gasteiger partial charge on any atom is 0.277 e. The predicted octanol–water partition coefficient (Wildman–Crippen LogP) is 1.33. The lowest BCUT2D eigenvalue weighted by Crippen LogP contribution is -2.34. The standard InChI is InChI=1S/C17H22N2O3/c1-5-19-16(21)14(13-7-6-11(2)10-12(13)3)15(17(19)22)18(4)8-9-20/h6-7,10,20H,5,8-9H2,1-4H3. The van der Waals surface area contributed by atoms with Crippen LogP contribution in [0.25, 0.3) is 5.57 Å². The highest BCUT2D eigenvalue weighted by molar-refractivity contribution is 6.35. The lowest BCUT2D eigenvalue weighted by molar-refractivity contribution is -0.137. The summed E-state index contributed by atoms with van der Waals surface area (Å²) in [7, 11) is 1.72. The molecule has 5 heteroatoms. The molecule has 22 heavy (non-hydrogen) atoms. The maximum absolute atomic E-state index is 12.7. The molecule has 0 fully saturated rings. The van der Waals surface area contributed by atoms with E-state index in [1.807, 2.05) is 32.0 Å². The van der Waals surface area contributed by atoms with Gasteiger partial charge in [-0.3, -0.25) is 14.5 Å². The lowest BCUT2D eigenvalue weighted by Gasteiger charge is -2.20. The van der Waals surface area contributed by atoms with E-state index in [4.69, 9.17) is 5.11 Å². The Hall–Kier alpha value is -2.14. The molecular formula is C17H22N2O3. The molecule has 0 atom stereocenters. The fraction of sp³-hybridized carbons (Fsp3) is 0.412. The van der Waals surface area contributed by atoms with Gasteiger partial charge in [-0.15, -0.1) is 0 Å². The molecule has 2 amide bonds. The van der Waals surface area contributed by atoms with E-state index in [2.05, 4.69) is 0 Å². The SMILES string of the molecule is CCN1C(=O)C(c2ccc(C)cc2C)=C(N(C)CCO)C1=O. The zero-order valence-corrected chi connectivity index (χ0v) is 13.5. The van der Waals surface area contributed by atoms with Crippen molar-refractivity contribution in [2.75, 3.05) is 26.7 Å². The van der Waals surface area contributed by atoms with Crippen molar-refractivity contribution in [3.05, 3.63) is 40.6 Å². The molecule has 1 aliphatic heterocycles. The van der Waals surface area contributed by atoms with E-state index in [1.54, 1.807) is 18.9 Å². The van der Waals surface area contributed by atoms with Crippen LogP contribution in [0, 0.1) is 13.8 Å². The Balaban J connectivity index is 2.63. The minimum absolute atomic E-state index is 0.0756. The number of aliphatic hydroxyl groups is 1. The van der Waals surface area contributed by atoms with Crippen LogP contribution >= 0.6 is 0 Å². The first-order valence-corrected chi connectivity index (χ1v) is 7.42. The van der Waals surface area contributed by atoms with Gasteiger partial charge in [-0.2, -0.15) is 0 Å². The fourth-order valence-electron chi connectivity index (χ4n) is 2.80. The van der Waals surface area contributed by atoms with Crippen LogP contribution in [-0.2, 0) is 9.59 Å². The number of carbonyl (C=O) groups excluding carboxylic acids is 2. The zero-order chi connectivity index (χ0) is 16.4. The van der Waals surface area contributed by atoms with Crippen LogP contribution in [0.15, 0.2) is 23.9 Å². The topological polar surface area (TPSA) is 60.9 Å². The monoisotopic (exact) mass is 302 g/mol. The molecule has 0 unspecified atom stereocenters. The zero-order valence-electron chi connectivity index (χ0n) is 13.5.